The van der Waals surface area contributed by atoms with Gasteiger partial charge in [-0.2, -0.15) is 0 Å². The summed E-state index contributed by atoms with van der Waals surface area (Å²) in [6.45, 7) is 13.8. The summed E-state index contributed by atoms with van der Waals surface area (Å²) in [7, 11) is 4.28. The standard InChI is InChI=1S/C51H65BClF2N5O11/c1-49(2,3)69-46(62)39-34(54)15-14-29(42(39)66-8)23-38(52-70-37-25-30-24-36(50(30,4)5)51(37,6)71-52)56-45(61)41(33-26-35(55)43(67-9)44(68-10)40(33)53)57-47(63)60-21-20-59(48(60)64)31-16-18-58(19-17-31)27-28-12-11-13-32(22-28)65-7/h11-15,22,26,30-31,36-38,41H,16-21,23-25,27H2,1-10H3,(H,56,61)(H,57,63)/t30-,36-,37+,38-,41?,51-/m0/s1. The zero-order valence-electron chi connectivity index (χ0n) is 42.1. The van der Waals surface area contributed by atoms with Crippen LogP contribution < -0.4 is 29.6 Å². The Labute approximate surface area is 419 Å². The second kappa shape index (κ2) is 20.3. The van der Waals surface area contributed by atoms with E-state index < -0.39 is 71.4 Å². The minimum absolute atomic E-state index is 0.0201. The number of urea groups is 2. The summed E-state index contributed by atoms with van der Waals surface area (Å²) >= 11 is 6.92. The van der Waals surface area contributed by atoms with Gasteiger partial charge in [0, 0.05) is 44.3 Å². The second-order valence-electron chi connectivity index (χ2n) is 21.0. The smallest absolute Gasteiger partial charge is 0.482 e. The highest BCUT2D eigenvalue weighted by Gasteiger charge is 2.68. The van der Waals surface area contributed by atoms with E-state index in [0.29, 0.717) is 30.7 Å². The largest absolute Gasteiger partial charge is 0.497 e. The van der Waals surface area contributed by atoms with Crippen molar-refractivity contribution < 1.29 is 61.0 Å². The highest BCUT2D eigenvalue weighted by molar-refractivity contribution is 6.48. The number of amides is 5. The SMILES string of the molecule is COc1cccc(CN2CCC(N3CCN(C(=O)NC(C(=O)N[C@@H](Cc4ccc(F)c(C(=O)OC(C)(C)C)c4OC)B4O[C@@H]5C[C@@H]6C[C@@H](C6(C)C)[C@]5(C)O4)c4cc(F)c(OC)c(OC)c4Cl)C3=O)CC2)c1. The second-order valence-corrected chi connectivity index (χ2v) is 21.3. The lowest BCUT2D eigenvalue weighted by Gasteiger charge is -2.64. The van der Waals surface area contributed by atoms with Crippen molar-refractivity contribution in [2.75, 3.05) is 54.6 Å². The molecule has 6 fully saturated rings. The molecule has 3 aliphatic heterocycles. The number of esters is 1. The van der Waals surface area contributed by atoms with Crippen LogP contribution in [0.1, 0.15) is 100 Å². The van der Waals surface area contributed by atoms with Crippen molar-refractivity contribution in [2.24, 2.45) is 17.3 Å². The van der Waals surface area contributed by atoms with Gasteiger partial charge in [0.1, 0.15) is 34.5 Å². The van der Waals surface area contributed by atoms with E-state index in [1.54, 1.807) is 32.8 Å². The number of rotatable bonds is 15. The van der Waals surface area contributed by atoms with Gasteiger partial charge in [-0.3, -0.25) is 9.69 Å². The molecule has 3 saturated heterocycles. The number of likely N-dealkylation sites (tertiary alicyclic amines) is 1. The number of nitrogens with one attached hydrogen (secondary N) is 2. The molecule has 6 aliphatic rings. The van der Waals surface area contributed by atoms with Gasteiger partial charge >= 0.3 is 25.1 Å². The summed E-state index contributed by atoms with van der Waals surface area (Å²) in [6, 6.07) is 8.05. The quantitative estimate of drug-likeness (QED) is 0.112. The van der Waals surface area contributed by atoms with E-state index in [1.807, 2.05) is 31.2 Å². The van der Waals surface area contributed by atoms with Crippen molar-refractivity contribution in [1.29, 1.82) is 0 Å². The lowest BCUT2D eigenvalue weighted by atomic mass is 9.43. The van der Waals surface area contributed by atoms with Crippen molar-refractivity contribution in [3.63, 3.8) is 0 Å². The Kier molecular flexibility index (Phi) is 14.8. The normalized spacial score (nSPS) is 23.9. The van der Waals surface area contributed by atoms with E-state index in [-0.39, 0.29) is 70.8 Å². The molecule has 2 bridgehead atoms. The third kappa shape index (κ3) is 10.1. The van der Waals surface area contributed by atoms with E-state index in [2.05, 4.69) is 29.4 Å². The molecule has 384 valence electrons. The van der Waals surface area contributed by atoms with Gasteiger partial charge in [0.15, 0.2) is 17.3 Å². The molecule has 6 atom stereocenters. The minimum Gasteiger partial charge on any atom is -0.497 e. The molecule has 0 spiro atoms. The first-order chi connectivity index (χ1) is 33.6. The molecule has 3 aromatic carbocycles. The summed E-state index contributed by atoms with van der Waals surface area (Å²) in [4.78, 5) is 62.3. The fourth-order valence-electron chi connectivity index (χ4n) is 11.5. The van der Waals surface area contributed by atoms with Crippen LogP contribution in [-0.2, 0) is 31.8 Å². The van der Waals surface area contributed by atoms with Crippen LogP contribution in [0.15, 0.2) is 42.5 Å². The van der Waals surface area contributed by atoms with E-state index in [9.17, 15) is 14.4 Å². The number of methoxy groups -OCH3 is 4. The number of benzene rings is 3. The fourth-order valence-corrected chi connectivity index (χ4v) is 11.8. The highest BCUT2D eigenvalue weighted by Crippen LogP contribution is 2.66. The van der Waals surface area contributed by atoms with Gasteiger partial charge < -0.3 is 48.5 Å². The number of ether oxygens (including phenoxy) is 5. The zero-order valence-corrected chi connectivity index (χ0v) is 42.9. The molecule has 3 aromatic rings. The first-order valence-electron chi connectivity index (χ1n) is 24.2. The number of carbonyl (C=O) groups is 4. The topological polar surface area (TPSA) is 167 Å². The molecule has 16 nitrogen and oxygen atoms in total. The lowest BCUT2D eigenvalue weighted by molar-refractivity contribution is -0.199. The highest BCUT2D eigenvalue weighted by atomic mass is 35.5. The Morgan fingerprint density at radius 3 is 2.24 bits per heavy atom. The summed E-state index contributed by atoms with van der Waals surface area (Å²) in [5.74, 6) is -4.19. The summed E-state index contributed by atoms with van der Waals surface area (Å²) < 4.78 is 72.5. The average molecular weight is 1010 g/mol. The molecule has 3 aliphatic carbocycles. The van der Waals surface area contributed by atoms with Gasteiger partial charge in [-0.25, -0.2) is 28.1 Å². The van der Waals surface area contributed by atoms with Gasteiger partial charge in [0.25, 0.3) is 0 Å². The molecular formula is C51H65BClF2N5O11. The third-order valence-electron chi connectivity index (χ3n) is 15.3. The average Bonchev–Trinajstić information content (AvgIpc) is 3.90. The Hall–Kier alpha value is -5.37. The van der Waals surface area contributed by atoms with Crippen molar-refractivity contribution in [3.8, 4) is 23.0 Å². The maximum absolute atomic E-state index is 16.0. The van der Waals surface area contributed by atoms with Crippen LogP contribution >= 0.6 is 11.6 Å². The van der Waals surface area contributed by atoms with Crippen molar-refractivity contribution in [2.45, 2.75) is 116 Å². The number of halogens is 3. The van der Waals surface area contributed by atoms with Crippen LogP contribution in [-0.4, -0.2) is 130 Å². The van der Waals surface area contributed by atoms with E-state index >= 15 is 13.6 Å². The number of hydrogen-bond acceptors (Lipinski definition) is 12. The van der Waals surface area contributed by atoms with Gasteiger partial charge in [-0.1, -0.05) is 43.6 Å². The fraction of sp³-hybridized carbons (Fsp3) is 0.569. The molecular weight excluding hydrogens is 943 g/mol. The molecule has 0 aromatic heterocycles. The van der Waals surface area contributed by atoms with E-state index in [0.717, 1.165) is 54.4 Å². The van der Waals surface area contributed by atoms with Crippen molar-refractivity contribution in [1.82, 2.24) is 25.3 Å². The molecule has 3 saturated carbocycles. The molecule has 20 heteroatoms. The number of piperidine rings is 1. The van der Waals surface area contributed by atoms with Crippen LogP contribution in [0.5, 0.6) is 23.0 Å². The number of hydrogen-bond donors (Lipinski definition) is 2. The molecule has 9 rings (SSSR count). The Balaban J connectivity index is 1.08. The van der Waals surface area contributed by atoms with Gasteiger partial charge in [0.2, 0.25) is 5.91 Å². The first-order valence-corrected chi connectivity index (χ1v) is 24.6. The Bertz CT molecular complexity index is 2540. The Morgan fingerprint density at radius 1 is 0.887 bits per heavy atom. The predicted molar refractivity (Wildman–Crippen MR) is 260 cm³/mol. The van der Waals surface area contributed by atoms with Crippen molar-refractivity contribution >= 4 is 42.7 Å². The van der Waals surface area contributed by atoms with Crippen molar-refractivity contribution in [3.05, 3.63) is 81.4 Å². The van der Waals surface area contributed by atoms with Crippen LogP contribution in [0.3, 0.4) is 0 Å². The van der Waals surface area contributed by atoms with Gasteiger partial charge in [-0.05, 0) is 112 Å². The summed E-state index contributed by atoms with van der Waals surface area (Å²) in [6.07, 6.45) is 2.52. The van der Waals surface area contributed by atoms with Crippen LogP contribution in [0.25, 0.3) is 0 Å². The van der Waals surface area contributed by atoms with Gasteiger partial charge in [-0.15, -0.1) is 0 Å². The zero-order chi connectivity index (χ0) is 51.3. The maximum atomic E-state index is 16.0. The Morgan fingerprint density at radius 2 is 1.59 bits per heavy atom. The monoisotopic (exact) mass is 1010 g/mol. The molecule has 71 heavy (non-hydrogen) atoms. The number of carbonyl (C=O) groups excluding carboxylic acids is 4. The third-order valence-corrected chi connectivity index (χ3v) is 15.7. The summed E-state index contributed by atoms with van der Waals surface area (Å²) in [5, 5.41) is 5.44. The maximum Gasteiger partial charge on any atom is 0.482 e. The van der Waals surface area contributed by atoms with Crippen LogP contribution in [0.2, 0.25) is 5.02 Å². The molecule has 5 amide bonds. The minimum atomic E-state index is -1.76. The number of nitrogens with zero attached hydrogens (tertiary/aromatic N) is 3. The summed E-state index contributed by atoms with van der Waals surface area (Å²) in [5.41, 5.74) is -0.999. The molecule has 0 radical (unpaired) electrons. The molecule has 3 heterocycles. The predicted octanol–water partition coefficient (Wildman–Crippen LogP) is 7.76. The lowest BCUT2D eigenvalue weighted by Crippen LogP contribution is -2.65. The number of imide groups is 1. The molecule has 1 unspecified atom stereocenters. The van der Waals surface area contributed by atoms with Gasteiger partial charge in [0.05, 0.1) is 51.1 Å². The van der Waals surface area contributed by atoms with E-state index in [4.69, 9.17) is 44.6 Å². The van der Waals surface area contributed by atoms with Crippen LogP contribution in [0.4, 0.5) is 18.4 Å². The molecule has 2 N–H and O–H groups in total. The van der Waals surface area contributed by atoms with E-state index in [1.165, 1.54) is 27.4 Å². The first kappa shape index (κ1) is 52.0. The van der Waals surface area contributed by atoms with Crippen LogP contribution in [0, 0.1) is 28.9 Å².